The van der Waals surface area contributed by atoms with Gasteiger partial charge in [0.25, 0.3) is 0 Å². The molecule has 1 fully saturated rings. The molecule has 1 rings (SSSR count). The number of nitrogens with one attached hydrogen (secondary N) is 1. The standard InChI is InChI=1S/C17H36N2/c1-7-14-8-10-15(11-9-14)19(6)13-12-16(18-5)17(2,3)4/h14-16,18H,7-13H2,1-6H3. The highest BCUT2D eigenvalue weighted by Gasteiger charge is 2.26. The Morgan fingerprint density at radius 3 is 2.16 bits per heavy atom. The number of rotatable bonds is 6. The van der Waals surface area contributed by atoms with Crippen molar-refractivity contribution in [1.82, 2.24) is 10.2 Å². The zero-order chi connectivity index (χ0) is 14.5. The first-order chi connectivity index (χ1) is 8.88. The van der Waals surface area contributed by atoms with E-state index in [2.05, 4.69) is 52.0 Å². The van der Waals surface area contributed by atoms with Crippen LogP contribution in [-0.4, -0.2) is 37.6 Å². The van der Waals surface area contributed by atoms with E-state index in [4.69, 9.17) is 0 Å². The molecule has 2 heteroatoms. The lowest BCUT2D eigenvalue weighted by Crippen LogP contribution is -2.43. The molecule has 1 atom stereocenters. The first-order valence-corrected chi connectivity index (χ1v) is 8.26. The quantitative estimate of drug-likeness (QED) is 0.785. The molecule has 0 heterocycles. The summed E-state index contributed by atoms with van der Waals surface area (Å²) in [5, 5.41) is 3.49. The van der Waals surface area contributed by atoms with Gasteiger partial charge in [0.1, 0.15) is 0 Å². The summed E-state index contributed by atoms with van der Waals surface area (Å²) in [7, 11) is 4.43. The van der Waals surface area contributed by atoms with Crippen LogP contribution in [0.4, 0.5) is 0 Å². The van der Waals surface area contributed by atoms with Crippen LogP contribution in [0.1, 0.15) is 66.2 Å². The molecular formula is C17H36N2. The van der Waals surface area contributed by atoms with E-state index in [9.17, 15) is 0 Å². The number of hydrogen-bond acceptors (Lipinski definition) is 2. The Bertz CT molecular complexity index is 236. The van der Waals surface area contributed by atoms with Crippen molar-refractivity contribution in [2.45, 2.75) is 78.3 Å². The molecule has 0 saturated heterocycles. The van der Waals surface area contributed by atoms with E-state index < -0.39 is 0 Å². The Hall–Kier alpha value is -0.0800. The van der Waals surface area contributed by atoms with Gasteiger partial charge in [0, 0.05) is 12.1 Å². The van der Waals surface area contributed by atoms with Crippen molar-refractivity contribution >= 4 is 0 Å². The molecule has 0 aromatic rings. The van der Waals surface area contributed by atoms with Gasteiger partial charge in [-0.25, -0.2) is 0 Å². The molecule has 0 amide bonds. The van der Waals surface area contributed by atoms with Gasteiger partial charge in [0.05, 0.1) is 0 Å². The van der Waals surface area contributed by atoms with Crippen molar-refractivity contribution in [3.63, 3.8) is 0 Å². The molecule has 114 valence electrons. The zero-order valence-corrected chi connectivity index (χ0v) is 14.1. The van der Waals surface area contributed by atoms with Crippen molar-refractivity contribution in [1.29, 1.82) is 0 Å². The van der Waals surface area contributed by atoms with Crippen LogP contribution in [0.3, 0.4) is 0 Å². The van der Waals surface area contributed by atoms with E-state index >= 15 is 0 Å². The Kier molecular flexibility index (Phi) is 6.82. The second-order valence-corrected chi connectivity index (χ2v) is 7.56. The molecule has 0 radical (unpaired) electrons. The summed E-state index contributed by atoms with van der Waals surface area (Å²) in [6.07, 6.45) is 8.34. The Morgan fingerprint density at radius 2 is 1.74 bits per heavy atom. The van der Waals surface area contributed by atoms with Crippen LogP contribution in [0.2, 0.25) is 0 Å². The molecule has 1 saturated carbocycles. The maximum atomic E-state index is 3.49. The first kappa shape index (κ1) is 17.0. The van der Waals surface area contributed by atoms with Gasteiger partial charge in [-0.3, -0.25) is 0 Å². The van der Waals surface area contributed by atoms with Crippen molar-refractivity contribution in [2.75, 3.05) is 20.6 Å². The molecule has 1 aliphatic rings. The van der Waals surface area contributed by atoms with Gasteiger partial charge in [-0.15, -0.1) is 0 Å². The summed E-state index contributed by atoms with van der Waals surface area (Å²) in [5.41, 5.74) is 0.357. The summed E-state index contributed by atoms with van der Waals surface area (Å²) < 4.78 is 0. The van der Waals surface area contributed by atoms with Crippen LogP contribution in [0, 0.1) is 11.3 Å². The molecule has 19 heavy (non-hydrogen) atoms. The van der Waals surface area contributed by atoms with Crippen LogP contribution < -0.4 is 5.32 Å². The molecule has 1 N–H and O–H groups in total. The monoisotopic (exact) mass is 268 g/mol. The summed E-state index contributed by atoms with van der Waals surface area (Å²) in [6.45, 7) is 10.6. The predicted octanol–water partition coefficient (Wildman–Crippen LogP) is 3.91. The highest BCUT2D eigenvalue weighted by Crippen LogP contribution is 2.29. The van der Waals surface area contributed by atoms with E-state index in [0.717, 1.165) is 12.0 Å². The van der Waals surface area contributed by atoms with E-state index in [1.807, 2.05) is 0 Å². The molecule has 2 nitrogen and oxygen atoms in total. The van der Waals surface area contributed by atoms with Crippen LogP contribution in [0.25, 0.3) is 0 Å². The van der Waals surface area contributed by atoms with Gasteiger partial charge in [0.15, 0.2) is 0 Å². The van der Waals surface area contributed by atoms with Crippen molar-refractivity contribution < 1.29 is 0 Å². The normalized spacial score (nSPS) is 26.7. The van der Waals surface area contributed by atoms with E-state index in [-0.39, 0.29) is 0 Å². The van der Waals surface area contributed by atoms with Gasteiger partial charge in [-0.1, -0.05) is 34.1 Å². The minimum Gasteiger partial charge on any atom is -0.316 e. The fourth-order valence-electron chi connectivity index (χ4n) is 3.52. The second-order valence-electron chi connectivity index (χ2n) is 7.56. The van der Waals surface area contributed by atoms with Crippen molar-refractivity contribution in [3.05, 3.63) is 0 Å². The zero-order valence-electron chi connectivity index (χ0n) is 14.1. The SMILES string of the molecule is CCC1CCC(N(C)CCC(NC)C(C)(C)C)CC1. The molecule has 1 aliphatic carbocycles. The fraction of sp³-hybridized carbons (Fsp3) is 1.00. The predicted molar refractivity (Wildman–Crippen MR) is 85.6 cm³/mol. The summed E-state index contributed by atoms with van der Waals surface area (Å²) in [4.78, 5) is 2.61. The van der Waals surface area contributed by atoms with Gasteiger partial charge >= 0.3 is 0 Å². The average molecular weight is 268 g/mol. The van der Waals surface area contributed by atoms with Gasteiger partial charge in [0.2, 0.25) is 0 Å². The minimum atomic E-state index is 0.357. The average Bonchev–Trinajstić information content (AvgIpc) is 2.37. The summed E-state index contributed by atoms with van der Waals surface area (Å²) in [6, 6.07) is 1.45. The van der Waals surface area contributed by atoms with Gasteiger partial charge < -0.3 is 10.2 Å². The van der Waals surface area contributed by atoms with Crippen molar-refractivity contribution in [3.8, 4) is 0 Å². The maximum Gasteiger partial charge on any atom is 0.0125 e. The van der Waals surface area contributed by atoms with Gasteiger partial charge in [-0.2, -0.15) is 0 Å². The highest BCUT2D eigenvalue weighted by atomic mass is 15.1. The van der Waals surface area contributed by atoms with Crippen molar-refractivity contribution in [2.24, 2.45) is 11.3 Å². The number of hydrogen-bond donors (Lipinski definition) is 1. The molecule has 1 unspecified atom stereocenters. The van der Waals surface area contributed by atoms with Crippen LogP contribution in [-0.2, 0) is 0 Å². The summed E-state index contributed by atoms with van der Waals surface area (Å²) >= 11 is 0. The molecular weight excluding hydrogens is 232 g/mol. The van der Waals surface area contributed by atoms with E-state index in [0.29, 0.717) is 11.5 Å². The van der Waals surface area contributed by atoms with Crippen LogP contribution >= 0.6 is 0 Å². The maximum absolute atomic E-state index is 3.49. The highest BCUT2D eigenvalue weighted by molar-refractivity contribution is 4.82. The van der Waals surface area contributed by atoms with E-state index in [1.165, 1.54) is 45.1 Å². The Morgan fingerprint density at radius 1 is 1.16 bits per heavy atom. The second kappa shape index (κ2) is 7.64. The third-order valence-electron chi connectivity index (χ3n) is 5.18. The largest absolute Gasteiger partial charge is 0.316 e. The lowest BCUT2D eigenvalue weighted by Gasteiger charge is -2.37. The van der Waals surface area contributed by atoms with Gasteiger partial charge in [-0.05, 0) is 64.1 Å². The molecule has 0 aromatic carbocycles. The topological polar surface area (TPSA) is 15.3 Å². The Balaban J connectivity index is 2.33. The van der Waals surface area contributed by atoms with Crippen LogP contribution in [0.15, 0.2) is 0 Å². The smallest absolute Gasteiger partial charge is 0.0125 e. The molecule has 0 spiro atoms. The fourth-order valence-corrected chi connectivity index (χ4v) is 3.52. The van der Waals surface area contributed by atoms with Crippen LogP contribution in [0.5, 0.6) is 0 Å². The molecule has 0 aromatic heterocycles. The molecule has 0 aliphatic heterocycles. The third-order valence-corrected chi connectivity index (χ3v) is 5.18. The Labute approximate surface area is 121 Å². The lowest BCUT2D eigenvalue weighted by molar-refractivity contribution is 0.146. The van der Waals surface area contributed by atoms with E-state index in [1.54, 1.807) is 0 Å². The first-order valence-electron chi connectivity index (χ1n) is 8.26. The molecule has 0 bridgehead atoms. The lowest BCUT2D eigenvalue weighted by atomic mass is 9.83. The summed E-state index contributed by atoms with van der Waals surface area (Å²) in [5.74, 6) is 1.00. The third kappa shape index (κ3) is 5.43. The number of nitrogens with zero attached hydrogens (tertiary/aromatic N) is 1. The minimum absolute atomic E-state index is 0.357.